The number of aliphatic carboxylic acids is 2. The second kappa shape index (κ2) is 15.3. The van der Waals surface area contributed by atoms with Crippen LogP contribution in [0.3, 0.4) is 0 Å². The molecule has 0 saturated heterocycles. The van der Waals surface area contributed by atoms with E-state index in [1.807, 2.05) is 6.92 Å². The molecule has 0 aromatic heterocycles. The van der Waals surface area contributed by atoms with Gasteiger partial charge in [0.05, 0.1) is 0 Å². The smallest absolute Gasteiger partial charge is 0.300 e. The molecule has 0 bridgehead atoms. The lowest BCUT2D eigenvalue weighted by Gasteiger charge is -2.06. The molecule has 1 atom stereocenters. The lowest BCUT2D eigenvalue weighted by molar-refractivity contribution is -0.135. The van der Waals surface area contributed by atoms with E-state index in [1.165, 1.54) is 0 Å². The third-order valence-electron chi connectivity index (χ3n) is 0.960. The molecule has 0 heterocycles. The highest BCUT2D eigenvalue weighted by Crippen LogP contribution is 1.82. The minimum absolute atomic E-state index is 0.0694. The summed E-state index contributed by atoms with van der Waals surface area (Å²) < 4.78 is 0. The van der Waals surface area contributed by atoms with Crippen LogP contribution in [0, 0.1) is 0 Å². The zero-order valence-corrected chi connectivity index (χ0v) is 9.23. The first-order chi connectivity index (χ1) is 6.81. The summed E-state index contributed by atoms with van der Waals surface area (Å²) in [6.45, 7) is 4.62. The van der Waals surface area contributed by atoms with Crippen molar-refractivity contribution in [3.63, 3.8) is 0 Å². The molecule has 0 amide bonds. The lowest BCUT2D eigenvalue weighted by atomic mass is 10.2. The third-order valence-corrected chi connectivity index (χ3v) is 0.960. The number of hydrogen-bond acceptors (Lipinski definition) is 5. The summed E-state index contributed by atoms with van der Waals surface area (Å²) in [6, 6.07) is 0.0694. The van der Waals surface area contributed by atoms with Crippen molar-refractivity contribution in [2.24, 2.45) is 5.73 Å². The van der Waals surface area contributed by atoms with Gasteiger partial charge >= 0.3 is 0 Å². The van der Waals surface area contributed by atoms with E-state index in [4.69, 9.17) is 30.7 Å². The topological polar surface area (TPSA) is 133 Å². The van der Waals surface area contributed by atoms with Crippen LogP contribution in [0.25, 0.3) is 0 Å². The predicted octanol–water partition coefficient (Wildman–Crippen LogP) is -0.116. The molecular formula is C8H20N2O5. The van der Waals surface area contributed by atoms with Gasteiger partial charge in [0.15, 0.2) is 0 Å². The highest BCUT2D eigenvalue weighted by molar-refractivity contribution is 5.63. The molecule has 0 aliphatic carbocycles. The van der Waals surface area contributed by atoms with Gasteiger partial charge in [-0.05, 0) is 6.42 Å². The van der Waals surface area contributed by atoms with Gasteiger partial charge in [0, 0.05) is 26.4 Å². The van der Waals surface area contributed by atoms with Gasteiger partial charge < -0.3 is 21.2 Å². The molecule has 0 radical (unpaired) electrons. The summed E-state index contributed by atoms with van der Waals surface area (Å²) in [5, 5.41) is 23.0. The second-order valence-corrected chi connectivity index (χ2v) is 2.51. The molecule has 0 aromatic rings. The Bertz CT molecular complexity index is 134. The highest BCUT2D eigenvalue weighted by Gasteiger charge is 1.96. The molecule has 0 rings (SSSR count). The Labute approximate surface area is 88.9 Å². The Hall–Kier alpha value is -1.18. The normalized spacial score (nSPS) is 9.93. The molecule has 0 aliphatic rings. The average Bonchev–Trinajstić information content (AvgIpc) is 2.05. The molecule has 7 heteroatoms. The largest absolute Gasteiger partial charge is 0.481 e. The summed E-state index contributed by atoms with van der Waals surface area (Å²) in [5.41, 5.74) is 7.25. The number of carboxylic acids is 2. The van der Waals surface area contributed by atoms with Crippen molar-refractivity contribution in [1.82, 2.24) is 5.48 Å². The first kappa shape index (κ1) is 19.4. The van der Waals surface area contributed by atoms with Crippen LogP contribution in [0.2, 0.25) is 0 Å². The van der Waals surface area contributed by atoms with E-state index in [9.17, 15) is 0 Å². The van der Waals surface area contributed by atoms with Crippen LogP contribution in [-0.4, -0.2) is 39.9 Å². The van der Waals surface area contributed by atoms with Crippen LogP contribution in [0.4, 0.5) is 0 Å². The highest BCUT2D eigenvalue weighted by atomic mass is 16.5. The molecule has 6 N–H and O–H groups in total. The minimum Gasteiger partial charge on any atom is -0.481 e. The fraction of sp³-hybridized carbons (Fsp3) is 0.750. The number of rotatable bonds is 3. The van der Waals surface area contributed by atoms with E-state index in [-0.39, 0.29) is 6.04 Å². The molecule has 92 valence electrons. The first-order valence-corrected chi connectivity index (χ1v) is 4.30. The van der Waals surface area contributed by atoms with Gasteiger partial charge in [0.2, 0.25) is 0 Å². The Morgan fingerprint density at radius 3 is 1.53 bits per heavy atom. The van der Waals surface area contributed by atoms with Crippen molar-refractivity contribution in [2.45, 2.75) is 33.2 Å². The molecule has 0 saturated carbocycles. The Morgan fingerprint density at radius 2 is 1.53 bits per heavy atom. The summed E-state index contributed by atoms with van der Waals surface area (Å²) in [6.07, 6.45) is 0.868. The van der Waals surface area contributed by atoms with Gasteiger partial charge in [0.1, 0.15) is 0 Å². The van der Waals surface area contributed by atoms with Crippen molar-refractivity contribution >= 4 is 11.9 Å². The van der Waals surface area contributed by atoms with Crippen LogP contribution in [0.1, 0.15) is 27.2 Å². The monoisotopic (exact) mass is 224 g/mol. The van der Waals surface area contributed by atoms with E-state index in [2.05, 4.69) is 5.48 Å². The van der Waals surface area contributed by atoms with Gasteiger partial charge in [-0.15, -0.1) is 0 Å². The van der Waals surface area contributed by atoms with Crippen LogP contribution >= 0.6 is 0 Å². The fourth-order valence-corrected chi connectivity index (χ4v) is 0.311. The quantitative estimate of drug-likeness (QED) is 0.422. The Morgan fingerprint density at radius 1 is 1.27 bits per heavy atom. The Kier molecular flexibility index (Phi) is 19.8. The summed E-state index contributed by atoms with van der Waals surface area (Å²) >= 11 is 0. The fourth-order valence-electron chi connectivity index (χ4n) is 0.311. The van der Waals surface area contributed by atoms with Gasteiger partial charge in [-0.25, -0.2) is 5.48 Å². The Balaban J connectivity index is -0.000000155. The zero-order valence-electron chi connectivity index (χ0n) is 9.23. The van der Waals surface area contributed by atoms with E-state index in [0.717, 1.165) is 20.3 Å². The third kappa shape index (κ3) is 64.6. The summed E-state index contributed by atoms with van der Waals surface area (Å²) in [7, 11) is 0. The van der Waals surface area contributed by atoms with Crippen LogP contribution in [-0.2, 0) is 9.59 Å². The molecule has 0 fully saturated rings. The van der Waals surface area contributed by atoms with Crippen LogP contribution in [0.15, 0.2) is 0 Å². The first-order valence-electron chi connectivity index (χ1n) is 4.30. The minimum atomic E-state index is -0.833. The van der Waals surface area contributed by atoms with Crippen LogP contribution < -0.4 is 11.2 Å². The van der Waals surface area contributed by atoms with Crippen molar-refractivity contribution in [1.29, 1.82) is 0 Å². The number of nitrogens with one attached hydrogen (secondary N) is 1. The second-order valence-electron chi connectivity index (χ2n) is 2.51. The maximum absolute atomic E-state index is 9.00. The number of carbonyl (C=O) groups is 2. The standard InChI is InChI=1S/C4H12N2O.2C2H4O2/c1-2-4(3-5)6-7;2*1-2(3)4/h4,6-7H,2-3,5H2,1H3;2*1H3,(H,3,4). The van der Waals surface area contributed by atoms with Crippen molar-refractivity contribution in [2.75, 3.05) is 6.54 Å². The van der Waals surface area contributed by atoms with Crippen molar-refractivity contribution < 1.29 is 25.0 Å². The SMILES string of the molecule is CC(=O)O.CC(=O)O.CCC(CN)NO. The van der Waals surface area contributed by atoms with E-state index in [1.54, 1.807) is 0 Å². The molecule has 15 heavy (non-hydrogen) atoms. The number of hydrogen-bond donors (Lipinski definition) is 5. The molecule has 0 spiro atoms. The van der Waals surface area contributed by atoms with Crippen LogP contribution in [0.5, 0.6) is 0 Å². The summed E-state index contributed by atoms with van der Waals surface area (Å²) in [5.74, 6) is -1.67. The van der Waals surface area contributed by atoms with Gasteiger partial charge in [-0.1, -0.05) is 6.92 Å². The van der Waals surface area contributed by atoms with E-state index in [0.29, 0.717) is 6.54 Å². The summed E-state index contributed by atoms with van der Waals surface area (Å²) in [4.78, 5) is 18.0. The molecule has 7 nitrogen and oxygen atoms in total. The molecular weight excluding hydrogens is 204 g/mol. The maximum atomic E-state index is 9.00. The predicted molar refractivity (Wildman–Crippen MR) is 54.7 cm³/mol. The number of nitrogens with two attached hydrogens (primary N) is 1. The molecule has 0 aliphatic heterocycles. The zero-order chi connectivity index (χ0) is 12.9. The van der Waals surface area contributed by atoms with Gasteiger partial charge in [0.25, 0.3) is 11.9 Å². The number of carboxylic acid groups (broad SMARTS) is 2. The maximum Gasteiger partial charge on any atom is 0.300 e. The van der Waals surface area contributed by atoms with Crippen molar-refractivity contribution in [3.8, 4) is 0 Å². The van der Waals surface area contributed by atoms with Gasteiger partial charge in [-0.2, -0.15) is 0 Å². The van der Waals surface area contributed by atoms with E-state index < -0.39 is 11.9 Å². The molecule has 0 aromatic carbocycles. The van der Waals surface area contributed by atoms with E-state index >= 15 is 0 Å². The molecule has 1 unspecified atom stereocenters. The number of hydroxylamine groups is 1. The van der Waals surface area contributed by atoms with Crippen molar-refractivity contribution in [3.05, 3.63) is 0 Å². The lowest BCUT2D eigenvalue weighted by Crippen LogP contribution is -2.32. The van der Waals surface area contributed by atoms with Gasteiger partial charge in [-0.3, -0.25) is 9.59 Å². The average molecular weight is 224 g/mol.